The third-order valence-electron chi connectivity index (χ3n) is 5.05. The minimum Gasteiger partial charge on any atom is -0.345 e. The predicted molar refractivity (Wildman–Crippen MR) is 94.2 cm³/mol. The molecule has 2 atom stereocenters. The highest BCUT2D eigenvalue weighted by atomic mass is 19.4. The Balaban J connectivity index is 1.64. The molecule has 4 rings (SSSR count). The summed E-state index contributed by atoms with van der Waals surface area (Å²) in [4.78, 5) is 19.6. The summed E-state index contributed by atoms with van der Waals surface area (Å²) in [6.07, 6.45) is 1.68. The maximum absolute atomic E-state index is 12.4. The van der Waals surface area contributed by atoms with Crippen molar-refractivity contribution in [2.45, 2.75) is 25.4 Å². The van der Waals surface area contributed by atoms with Crippen molar-refractivity contribution in [3.63, 3.8) is 0 Å². The smallest absolute Gasteiger partial charge is 0.345 e. The molecule has 0 bridgehead atoms. The molecular formula is C18H19F3N5O+. The van der Waals surface area contributed by atoms with Gasteiger partial charge in [-0.1, -0.05) is 6.92 Å². The normalized spacial score (nSPS) is 20.4. The number of carbonyl (C=O) groups excluding carboxylic acids is 1. The summed E-state index contributed by atoms with van der Waals surface area (Å²) in [6.45, 7) is 1.01. The van der Waals surface area contributed by atoms with E-state index in [1.807, 2.05) is 36.6 Å². The SMILES string of the molecule is CC[C@@H]1C=[N+](C(=O)NCC(F)(F)F)C[C@@H]1c1ccc2cnc3[nH]ccc3n12. The first-order chi connectivity index (χ1) is 12.9. The van der Waals surface area contributed by atoms with E-state index in [-0.39, 0.29) is 11.8 Å². The van der Waals surface area contributed by atoms with Crippen LogP contribution in [-0.2, 0) is 0 Å². The van der Waals surface area contributed by atoms with Gasteiger partial charge < -0.3 is 9.38 Å². The first-order valence-electron chi connectivity index (χ1n) is 8.77. The van der Waals surface area contributed by atoms with Crippen molar-refractivity contribution >= 4 is 28.9 Å². The minimum atomic E-state index is -4.43. The molecular weight excluding hydrogens is 359 g/mol. The molecule has 2 amide bonds. The Bertz CT molecular complexity index is 1030. The molecule has 2 N–H and O–H groups in total. The number of fused-ring (bicyclic) bond motifs is 3. The molecule has 0 unspecified atom stereocenters. The molecule has 142 valence electrons. The first kappa shape index (κ1) is 17.6. The second-order valence-electron chi connectivity index (χ2n) is 6.74. The monoisotopic (exact) mass is 378 g/mol. The van der Waals surface area contributed by atoms with E-state index in [1.165, 1.54) is 4.58 Å². The van der Waals surface area contributed by atoms with Crippen LogP contribution in [0.1, 0.15) is 25.0 Å². The van der Waals surface area contributed by atoms with Gasteiger partial charge in [0.15, 0.2) is 12.2 Å². The number of halogens is 3. The lowest BCUT2D eigenvalue weighted by Crippen LogP contribution is -2.39. The third-order valence-corrected chi connectivity index (χ3v) is 5.05. The fraction of sp³-hybridized carbons (Fsp3) is 0.389. The van der Waals surface area contributed by atoms with Crippen LogP contribution in [0.3, 0.4) is 0 Å². The van der Waals surface area contributed by atoms with E-state index in [4.69, 9.17) is 0 Å². The van der Waals surface area contributed by atoms with Crippen LogP contribution in [0.15, 0.2) is 30.6 Å². The van der Waals surface area contributed by atoms with Crippen LogP contribution >= 0.6 is 0 Å². The van der Waals surface area contributed by atoms with Crippen molar-refractivity contribution in [2.75, 3.05) is 13.1 Å². The molecule has 1 aliphatic rings. The van der Waals surface area contributed by atoms with E-state index < -0.39 is 18.8 Å². The van der Waals surface area contributed by atoms with Gasteiger partial charge in [-0.15, -0.1) is 0 Å². The quantitative estimate of drug-likeness (QED) is 0.687. The lowest BCUT2D eigenvalue weighted by Gasteiger charge is -2.16. The van der Waals surface area contributed by atoms with E-state index >= 15 is 0 Å². The second kappa shape index (κ2) is 6.40. The molecule has 0 aliphatic carbocycles. The van der Waals surface area contributed by atoms with Gasteiger partial charge in [0.1, 0.15) is 6.54 Å². The summed E-state index contributed by atoms with van der Waals surface area (Å²) in [5.74, 6) is 0.0523. The average Bonchev–Trinajstić information content (AvgIpc) is 3.33. The summed E-state index contributed by atoms with van der Waals surface area (Å²) in [6, 6.07) is 5.18. The number of nitrogens with one attached hydrogen (secondary N) is 2. The van der Waals surface area contributed by atoms with Gasteiger partial charge in [0, 0.05) is 23.7 Å². The summed E-state index contributed by atoms with van der Waals surface area (Å²) in [5.41, 5.74) is 3.65. The molecule has 9 heteroatoms. The predicted octanol–water partition coefficient (Wildman–Crippen LogP) is 3.29. The Labute approximate surface area is 152 Å². The largest absolute Gasteiger partial charge is 0.491 e. The molecule has 0 fully saturated rings. The van der Waals surface area contributed by atoms with Crippen LogP contribution in [0.2, 0.25) is 0 Å². The highest BCUT2D eigenvalue weighted by Gasteiger charge is 2.38. The van der Waals surface area contributed by atoms with Gasteiger partial charge in [-0.2, -0.15) is 18.0 Å². The Morgan fingerprint density at radius 3 is 2.96 bits per heavy atom. The van der Waals surface area contributed by atoms with Crippen molar-refractivity contribution in [1.82, 2.24) is 19.7 Å². The zero-order valence-electron chi connectivity index (χ0n) is 14.6. The number of nitrogens with zero attached hydrogens (tertiary/aromatic N) is 3. The third kappa shape index (κ3) is 3.17. The van der Waals surface area contributed by atoms with Gasteiger partial charge >= 0.3 is 12.2 Å². The first-order valence-corrected chi connectivity index (χ1v) is 8.77. The number of amides is 2. The van der Waals surface area contributed by atoms with Crippen molar-refractivity contribution in [3.8, 4) is 0 Å². The van der Waals surface area contributed by atoms with Crippen LogP contribution < -0.4 is 5.32 Å². The molecule has 1 aliphatic heterocycles. The molecule has 0 aromatic carbocycles. The number of aromatic amines is 1. The summed E-state index contributed by atoms with van der Waals surface area (Å²) < 4.78 is 40.6. The van der Waals surface area contributed by atoms with E-state index in [2.05, 4.69) is 14.4 Å². The zero-order chi connectivity index (χ0) is 19.2. The molecule has 0 saturated heterocycles. The summed E-state index contributed by atoms with van der Waals surface area (Å²) >= 11 is 0. The van der Waals surface area contributed by atoms with Crippen molar-refractivity contribution in [3.05, 3.63) is 36.3 Å². The van der Waals surface area contributed by atoms with Gasteiger partial charge in [-0.25, -0.2) is 14.9 Å². The number of alkyl halides is 3. The van der Waals surface area contributed by atoms with Crippen molar-refractivity contribution in [1.29, 1.82) is 0 Å². The van der Waals surface area contributed by atoms with Gasteiger partial charge in [0.05, 0.1) is 23.4 Å². The molecule has 27 heavy (non-hydrogen) atoms. The number of rotatable bonds is 3. The Hall–Kier alpha value is -2.84. The molecule has 3 aromatic heterocycles. The fourth-order valence-corrected chi connectivity index (χ4v) is 3.78. The highest BCUT2D eigenvalue weighted by molar-refractivity contribution is 5.77. The molecule has 3 aromatic rings. The Kier molecular flexibility index (Phi) is 4.16. The number of aromatic nitrogens is 3. The molecule has 6 nitrogen and oxygen atoms in total. The van der Waals surface area contributed by atoms with Crippen LogP contribution in [0, 0.1) is 5.92 Å². The van der Waals surface area contributed by atoms with Gasteiger partial charge in [-0.05, 0) is 24.6 Å². The van der Waals surface area contributed by atoms with Gasteiger partial charge in [0.25, 0.3) is 0 Å². The van der Waals surface area contributed by atoms with E-state index in [1.54, 1.807) is 12.4 Å². The second-order valence-corrected chi connectivity index (χ2v) is 6.74. The number of hydrogen-bond acceptors (Lipinski definition) is 2. The number of urea groups is 1. The minimum absolute atomic E-state index is 0.00497. The van der Waals surface area contributed by atoms with Crippen LogP contribution in [0.25, 0.3) is 16.7 Å². The lowest BCUT2D eigenvalue weighted by molar-refractivity contribution is -0.418. The Morgan fingerprint density at radius 2 is 2.22 bits per heavy atom. The van der Waals surface area contributed by atoms with Crippen LogP contribution in [0.5, 0.6) is 0 Å². The summed E-state index contributed by atoms with van der Waals surface area (Å²) in [5, 5.41) is 1.95. The standard InChI is InChI=1S/C18H18F3N5O/c1-2-11-8-25(17(27)24-10-18(19,20)21)9-13(11)14-4-3-12-7-23-16-15(26(12)14)5-6-22-16/h3-8,11,13,22H,2,9-10H2,1H3/p+1/t11-,13+/m1/s1. The highest BCUT2D eigenvalue weighted by Crippen LogP contribution is 2.33. The van der Waals surface area contributed by atoms with Gasteiger partial charge in [-0.3, -0.25) is 0 Å². The lowest BCUT2D eigenvalue weighted by atomic mass is 9.90. The van der Waals surface area contributed by atoms with E-state index in [0.29, 0.717) is 6.54 Å². The Morgan fingerprint density at radius 1 is 1.41 bits per heavy atom. The molecule has 4 heterocycles. The number of carbonyl (C=O) groups is 1. The maximum Gasteiger partial charge on any atom is 0.491 e. The molecule has 0 radical (unpaired) electrons. The molecule has 0 spiro atoms. The topological polar surface area (TPSA) is 65.2 Å². The zero-order valence-corrected chi connectivity index (χ0v) is 14.6. The van der Waals surface area contributed by atoms with E-state index in [9.17, 15) is 18.0 Å². The number of hydrogen-bond donors (Lipinski definition) is 2. The van der Waals surface area contributed by atoms with Crippen molar-refractivity contribution in [2.24, 2.45) is 5.92 Å². The molecule has 0 saturated carbocycles. The average molecular weight is 378 g/mol. The maximum atomic E-state index is 12.4. The van der Waals surface area contributed by atoms with Gasteiger partial charge in [0.2, 0.25) is 0 Å². The summed E-state index contributed by atoms with van der Waals surface area (Å²) in [7, 11) is 0. The van der Waals surface area contributed by atoms with Crippen LogP contribution in [-0.4, -0.2) is 50.5 Å². The number of H-pyrrole nitrogens is 1. The van der Waals surface area contributed by atoms with E-state index in [0.717, 1.165) is 28.8 Å². The van der Waals surface area contributed by atoms with Crippen molar-refractivity contribution < 1.29 is 22.5 Å². The fourth-order valence-electron chi connectivity index (χ4n) is 3.78. The van der Waals surface area contributed by atoms with Crippen LogP contribution in [0.4, 0.5) is 18.0 Å².